The van der Waals surface area contributed by atoms with E-state index in [0.29, 0.717) is 0 Å². The Morgan fingerprint density at radius 3 is 2.68 bits per heavy atom. The van der Waals surface area contributed by atoms with Gasteiger partial charge in [0.2, 0.25) is 0 Å². The van der Waals surface area contributed by atoms with E-state index in [1.165, 1.54) is 13.0 Å². The molecule has 1 aliphatic rings. The number of carboxylic acid groups (broad SMARTS) is 1. The van der Waals surface area contributed by atoms with Crippen molar-refractivity contribution in [2.45, 2.75) is 31.3 Å². The lowest BCUT2D eigenvalue weighted by Crippen LogP contribution is -2.54. The first kappa shape index (κ1) is 13.7. The number of nitrogens with one attached hydrogen (secondary N) is 1. The van der Waals surface area contributed by atoms with Gasteiger partial charge in [-0.2, -0.15) is 0 Å². The zero-order chi connectivity index (χ0) is 14.0. The van der Waals surface area contributed by atoms with Crippen LogP contribution in [0.4, 0.5) is 8.78 Å². The van der Waals surface area contributed by atoms with E-state index in [1.807, 2.05) is 0 Å². The third-order valence-corrected chi connectivity index (χ3v) is 2.99. The molecule has 0 bridgehead atoms. The normalized spacial score (nSPS) is 17.8. The third-order valence-electron chi connectivity index (χ3n) is 2.99. The van der Waals surface area contributed by atoms with Crippen LogP contribution in [-0.2, 0) is 4.79 Å². The topological polar surface area (TPSA) is 58.6 Å². The number of hydrogen-bond acceptors (Lipinski definition) is 3. The fraction of sp³-hybridized carbons (Fsp3) is 0.462. The Bertz CT molecular complexity index is 491. The second-order valence-electron chi connectivity index (χ2n) is 4.92. The Kier molecular flexibility index (Phi) is 3.71. The summed E-state index contributed by atoms with van der Waals surface area (Å²) in [5.41, 5.74) is -1.24. The van der Waals surface area contributed by atoms with E-state index >= 15 is 0 Å². The van der Waals surface area contributed by atoms with Gasteiger partial charge in [-0.25, -0.2) is 8.78 Å². The molecule has 2 N–H and O–H groups in total. The first-order valence-electron chi connectivity index (χ1n) is 6.00. The first-order valence-corrected chi connectivity index (χ1v) is 6.00. The maximum Gasteiger partial charge on any atom is 0.327 e. The summed E-state index contributed by atoms with van der Waals surface area (Å²) in [6.07, 6.45) is 1.88. The number of aliphatic carboxylic acids is 1. The molecule has 0 radical (unpaired) electrons. The average Bonchev–Trinajstić information content (AvgIpc) is 3.14. The largest absolute Gasteiger partial charge is 0.491 e. The number of carboxylic acids is 1. The number of benzene rings is 1. The second kappa shape index (κ2) is 5.13. The molecule has 1 atom stereocenters. The van der Waals surface area contributed by atoms with Gasteiger partial charge < -0.3 is 9.84 Å². The summed E-state index contributed by atoms with van der Waals surface area (Å²) in [5.74, 6) is -2.93. The zero-order valence-electron chi connectivity index (χ0n) is 10.5. The minimum atomic E-state index is -1.24. The summed E-state index contributed by atoms with van der Waals surface area (Å²) in [4.78, 5) is 11.3. The molecule has 0 spiro atoms. The number of carbonyl (C=O) groups is 1. The van der Waals surface area contributed by atoms with Crippen molar-refractivity contribution >= 4 is 5.97 Å². The molecule has 0 amide bonds. The minimum Gasteiger partial charge on any atom is -0.491 e. The summed E-state index contributed by atoms with van der Waals surface area (Å²) in [7, 11) is 0. The summed E-state index contributed by atoms with van der Waals surface area (Å²) in [6, 6.07) is 3.29. The van der Waals surface area contributed by atoms with Gasteiger partial charge in [0, 0.05) is 12.1 Å². The van der Waals surface area contributed by atoms with E-state index in [0.717, 1.165) is 25.0 Å². The molecule has 104 valence electrons. The average molecular weight is 271 g/mol. The Labute approximate surface area is 109 Å². The van der Waals surface area contributed by atoms with Crippen LogP contribution in [0.3, 0.4) is 0 Å². The van der Waals surface area contributed by atoms with Crippen LogP contribution >= 0.6 is 0 Å². The smallest absolute Gasteiger partial charge is 0.327 e. The molecule has 2 rings (SSSR count). The Hall–Kier alpha value is -1.69. The molecular formula is C13H15F2NO3. The van der Waals surface area contributed by atoms with Crippen LogP contribution in [0.2, 0.25) is 0 Å². The molecule has 4 nitrogen and oxygen atoms in total. The predicted octanol–water partition coefficient (Wildman–Crippen LogP) is 1.94. The van der Waals surface area contributed by atoms with Crippen LogP contribution in [0.1, 0.15) is 19.8 Å². The van der Waals surface area contributed by atoms with Crippen LogP contribution in [-0.4, -0.2) is 29.3 Å². The van der Waals surface area contributed by atoms with Crippen LogP contribution in [0.5, 0.6) is 5.75 Å². The Morgan fingerprint density at radius 1 is 1.47 bits per heavy atom. The molecule has 1 aromatic rings. The molecule has 1 fully saturated rings. The van der Waals surface area contributed by atoms with Crippen LogP contribution in [0.15, 0.2) is 18.2 Å². The SMILES string of the molecule is CC(COc1ccc(F)c(F)c1)(NC1CC1)C(=O)O. The van der Waals surface area contributed by atoms with Crippen LogP contribution < -0.4 is 10.1 Å². The number of ether oxygens (including phenoxy) is 1. The summed E-state index contributed by atoms with van der Waals surface area (Å²) in [5, 5.41) is 12.2. The van der Waals surface area contributed by atoms with Crippen molar-refractivity contribution in [3.63, 3.8) is 0 Å². The lowest BCUT2D eigenvalue weighted by Gasteiger charge is -2.26. The van der Waals surface area contributed by atoms with Crippen molar-refractivity contribution in [3.8, 4) is 5.75 Å². The maximum atomic E-state index is 13.0. The van der Waals surface area contributed by atoms with Crippen molar-refractivity contribution in [2.24, 2.45) is 0 Å². The van der Waals surface area contributed by atoms with Gasteiger partial charge in [0.1, 0.15) is 17.9 Å². The molecule has 6 heteroatoms. The van der Waals surface area contributed by atoms with Crippen molar-refractivity contribution in [2.75, 3.05) is 6.61 Å². The van der Waals surface area contributed by atoms with Crippen molar-refractivity contribution in [3.05, 3.63) is 29.8 Å². The Balaban J connectivity index is 2.01. The lowest BCUT2D eigenvalue weighted by molar-refractivity contribution is -0.145. The number of rotatable bonds is 6. The predicted molar refractivity (Wildman–Crippen MR) is 64.1 cm³/mol. The fourth-order valence-corrected chi connectivity index (χ4v) is 1.64. The molecule has 1 unspecified atom stereocenters. The standard InChI is InChI=1S/C13H15F2NO3/c1-13(12(17)18,16-8-2-3-8)7-19-9-4-5-10(14)11(15)6-9/h4-6,8,16H,2-3,7H2,1H3,(H,17,18). The van der Waals surface area contributed by atoms with Crippen molar-refractivity contribution in [1.82, 2.24) is 5.32 Å². The van der Waals surface area contributed by atoms with Gasteiger partial charge in [-0.05, 0) is 31.9 Å². The van der Waals surface area contributed by atoms with Gasteiger partial charge in [0.15, 0.2) is 11.6 Å². The van der Waals surface area contributed by atoms with Crippen LogP contribution in [0, 0.1) is 11.6 Å². The summed E-state index contributed by atoms with van der Waals surface area (Å²) in [6.45, 7) is 1.34. The van der Waals surface area contributed by atoms with Crippen LogP contribution in [0.25, 0.3) is 0 Å². The highest BCUT2D eigenvalue weighted by atomic mass is 19.2. The quantitative estimate of drug-likeness (QED) is 0.830. The zero-order valence-corrected chi connectivity index (χ0v) is 10.5. The summed E-state index contributed by atoms with van der Waals surface area (Å²) < 4.78 is 31.0. The maximum absolute atomic E-state index is 13.0. The highest BCUT2D eigenvalue weighted by molar-refractivity contribution is 5.78. The lowest BCUT2D eigenvalue weighted by atomic mass is 10.0. The fourth-order valence-electron chi connectivity index (χ4n) is 1.64. The number of halogens is 2. The van der Waals surface area contributed by atoms with Gasteiger partial charge in [0.25, 0.3) is 0 Å². The molecular weight excluding hydrogens is 256 g/mol. The monoisotopic (exact) mass is 271 g/mol. The molecule has 19 heavy (non-hydrogen) atoms. The van der Waals surface area contributed by atoms with E-state index in [2.05, 4.69) is 5.32 Å². The third kappa shape index (κ3) is 3.41. The molecule has 0 aliphatic heterocycles. The highest BCUT2D eigenvalue weighted by Gasteiger charge is 2.39. The molecule has 1 aromatic carbocycles. The second-order valence-corrected chi connectivity index (χ2v) is 4.92. The van der Waals surface area contributed by atoms with E-state index < -0.39 is 23.1 Å². The van der Waals surface area contributed by atoms with Gasteiger partial charge >= 0.3 is 5.97 Å². The van der Waals surface area contributed by atoms with Crippen molar-refractivity contribution in [1.29, 1.82) is 0 Å². The first-order chi connectivity index (χ1) is 8.90. The highest BCUT2D eigenvalue weighted by Crippen LogP contribution is 2.24. The molecule has 1 aliphatic carbocycles. The van der Waals surface area contributed by atoms with Gasteiger partial charge in [-0.1, -0.05) is 0 Å². The van der Waals surface area contributed by atoms with Crippen molar-refractivity contribution < 1.29 is 23.4 Å². The molecule has 1 saturated carbocycles. The summed E-state index contributed by atoms with van der Waals surface area (Å²) >= 11 is 0. The van der Waals surface area contributed by atoms with E-state index in [1.54, 1.807) is 0 Å². The van der Waals surface area contributed by atoms with Gasteiger partial charge in [-0.15, -0.1) is 0 Å². The Morgan fingerprint density at radius 2 is 2.16 bits per heavy atom. The van der Waals surface area contributed by atoms with E-state index in [9.17, 15) is 18.7 Å². The molecule has 0 saturated heterocycles. The van der Waals surface area contributed by atoms with Gasteiger partial charge in [-0.3, -0.25) is 10.1 Å². The van der Waals surface area contributed by atoms with E-state index in [-0.39, 0.29) is 18.4 Å². The minimum absolute atomic E-state index is 0.101. The van der Waals surface area contributed by atoms with E-state index in [4.69, 9.17) is 4.74 Å². The number of hydrogen-bond donors (Lipinski definition) is 2. The molecule has 0 aromatic heterocycles. The van der Waals surface area contributed by atoms with Gasteiger partial charge in [0.05, 0.1) is 0 Å². The molecule has 0 heterocycles.